The summed E-state index contributed by atoms with van der Waals surface area (Å²) in [6.45, 7) is 11.2. The molecule has 3 heteroatoms. The predicted octanol–water partition coefficient (Wildman–Crippen LogP) is 5.78. The second-order valence-electron chi connectivity index (χ2n) is 9.42. The van der Waals surface area contributed by atoms with Crippen molar-refractivity contribution in [2.75, 3.05) is 7.11 Å². The van der Waals surface area contributed by atoms with Gasteiger partial charge < -0.3 is 10.5 Å². The fourth-order valence-corrected chi connectivity index (χ4v) is 4.72. The second-order valence-corrected chi connectivity index (χ2v) is 9.42. The van der Waals surface area contributed by atoms with Crippen molar-refractivity contribution >= 4 is 6.29 Å². The summed E-state index contributed by atoms with van der Waals surface area (Å²) in [6, 6.07) is -0.102. The lowest BCUT2D eigenvalue weighted by atomic mass is 9.70. The SMILES string of the molecule is CCCCC1=CCC(N)C(/C(C=O)=C\C2=CC(C(C)C)[C@H](OC)C(C(C)C)C2)=C1. The van der Waals surface area contributed by atoms with Gasteiger partial charge in [0.25, 0.3) is 0 Å². The highest BCUT2D eigenvalue weighted by Crippen LogP contribution is 2.39. The Morgan fingerprint density at radius 1 is 1.28 bits per heavy atom. The Kier molecular flexibility index (Phi) is 9.10. The number of carbonyl (C=O) groups is 1. The molecule has 0 heterocycles. The zero-order chi connectivity index (χ0) is 21.6. The molecule has 29 heavy (non-hydrogen) atoms. The number of nitrogens with two attached hydrogens (primary N) is 1. The van der Waals surface area contributed by atoms with Gasteiger partial charge in [0.1, 0.15) is 6.29 Å². The minimum Gasteiger partial charge on any atom is -0.381 e. The normalized spacial score (nSPS) is 28.3. The lowest BCUT2D eigenvalue weighted by Gasteiger charge is -2.40. The molecule has 2 aliphatic rings. The van der Waals surface area contributed by atoms with Crippen molar-refractivity contribution in [2.24, 2.45) is 29.4 Å². The van der Waals surface area contributed by atoms with Crippen LogP contribution in [0.3, 0.4) is 0 Å². The second kappa shape index (κ2) is 11.1. The van der Waals surface area contributed by atoms with Crippen LogP contribution in [0.25, 0.3) is 0 Å². The summed E-state index contributed by atoms with van der Waals surface area (Å²) >= 11 is 0. The standard InChI is InChI=1S/C26H41NO2/c1-7-8-9-19-10-11-25(27)24(13-19)21(16-28)12-20-14-22(17(2)3)26(29-6)23(15-20)18(4)5/h10,12-14,16-18,22-23,25-26H,7-9,11,15,27H2,1-6H3/b21-12-/t22?,23?,25?,26-/m0/s1. The summed E-state index contributed by atoms with van der Waals surface area (Å²) in [5.41, 5.74) is 10.7. The highest BCUT2D eigenvalue weighted by Gasteiger charge is 2.36. The van der Waals surface area contributed by atoms with Crippen LogP contribution in [0.4, 0.5) is 0 Å². The molecule has 3 unspecified atom stereocenters. The van der Waals surface area contributed by atoms with Gasteiger partial charge in [0.15, 0.2) is 0 Å². The summed E-state index contributed by atoms with van der Waals surface area (Å²) in [5, 5.41) is 0. The molecule has 0 fully saturated rings. The zero-order valence-electron chi connectivity index (χ0n) is 19.3. The van der Waals surface area contributed by atoms with Crippen LogP contribution in [0.2, 0.25) is 0 Å². The van der Waals surface area contributed by atoms with Crippen molar-refractivity contribution in [1.29, 1.82) is 0 Å². The van der Waals surface area contributed by atoms with Crippen LogP contribution in [0, 0.1) is 23.7 Å². The molecule has 0 aromatic carbocycles. The molecule has 2 rings (SSSR count). The Bertz CT molecular complexity index is 681. The summed E-state index contributed by atoms with van der Waals surface area (Å²) in [5.74, 6) is 1.82. The first kappa shape index (κ1) is 23.8. The van der Waals surface area contributed by atoms with Gasteiger partial charge in [-0.05, 0) is 55.1 Å². The van der Waals surface area contributed by atoms with E-state index in [0.717, 1.165) is 36.7 Å². The molecular formula is C26H41NO2. The molecule has 2 N–H and O–H groups in total. The summed E-state index contributed by atoms with van der Waals surface area (Å²) in [4.78, 5) is 12.1. The topological polar surface area (TPSA) is 52.3 Å². The molecule has 4 atom stereocenters. The quantitative estimate of drug-likeness (QED) is 0.395. The number of rotatable bonds is 9. The Morgan fingerprint density at radius 3 is 2.55 bits per heavy atom. The molecule has 3 nitrogen and oxygen atoms in total. The van der Waals surface area contributed by atoms with Gasteiger partial charge in [0.2, 0.25) is 0 Å². The average Bonchev–Trinajstić information content (AvgIpc) is 2.70. The molecule has 0 saturated carbocycles. The number of allylic oxidation sites excluding steroid dienone is 4. The number of unbranched alkanes of at least 4 members (excludes halogenated alkanes) is 1. The summed E-state index contributed by atoms with van der Waals surface area (Å²) < 4.78 is 5.93. The monoisotopic (exact) mass is 399 g/mol. The Hall–Kier alpha value is -1.45. The van der Waals surface area contributed by atoms with Crippen LogP contribution in [-0.4, -0.2) is 25.5 Å². The maximum absolute atomic E-state index is 12.1. The predicted molar refractivity (Wildman–Crippen MR) is 123 cm³/mol. The third kappa shape index (κ3) is 6.02. The first-order chi connectivity index (χ1) is 13.8. The van der Waals surface area contributed by atoms with Crippen molar-refractivity contribution in [3.63, 3.8) is 0 Å². The van der Waals surface area contributed by atoms with Crippen molar-refractivity contribution in [1.82, 2.24) is 0 Å². The van der Waals surface area contributed by atoms with E-state index >= 15 is 0 Å². The molecular weight excluding hydrogens is 358 g/mol. The third-order valence-electron chi connectivity index (χ3n) is 6.57. The van der Waals surface area contributed by atoms with Gasteiger partial charge in [-0.3, -0.25) is 4.79 Å². The van der Waals surface area contributed by atoms with Crippen LogP contribution in [0.15, 0.2) is 46.6 Å². The van der Waals surface area contributed by atoms with Gasteiger partial charge in [-0.1, -0.05) is 70.4 Å². The van der Waals surface area contributed by atoms with Gasteiger partial charge in [-0.25, -0.2) is 0 Å². The van der Waals surface area contributed by atoms with Crippen molar-refractivity contribution in [2.45, 2.75) is 78.9 Å². The molecule has 2 aliphatic carbocycles. The van der Waals surface area contributed by atoms with E-state index in [-0.39, 0.29) is 12.1 Å². The Balaban J connectivity index is 2.38. The molecule has 0 spiro atoms. The maximum atomic E-state index is 12.1. The van der Waals surface area contributed by atoms with Crippen LogP contribution in [0.5, 0.6) is 0 Å². The van der Waals surface area contributed by atoms with Gasteiger partial charge in [-0.15, -0.1) is 0 Å². The minimum atomic E-state index is -0.102. The number of methoxy groups -OCH3 is 1. The van der Waals surface area contributed by atoms with Crippen molar-refractivity contribution < 1.29 is 9.53 Å². The molecule has 0 radical (unpaired) electrons. The molecule has 0 amide bonds. The maximum Gasteiger partial charge on any atom is 0.150 e. The number of hydrogen-bond donors (Lipinski definition) is 1. The average molecular weight is 400 g/mol. The molecule has 0 aromatic heterocycles. The van der Waals surface area contributed by atoms with E-state index in [4.69, 9.17) is 10.5 Å². The molecule has 162 valence electrons. The lowest BCUT2D eigenvalue weighted by Crippen LogP contribution is -2.39. The number of ether oxygens (including phenoxy) is 1. The third-order valence-corrected chi connectivity index (χ3v) is 6.57. The Labute approximate surface area is 178 Å². The summed E-state index contributed by atoms with van der Waals surface area (Å²) in [7, 11) is 1.83. The summed E-state index contributed by atoms with van der Waals surface area (Å²) in [6.07, 6.45) is 15.2. The van der Waals surface area contributed by atoms with Gasteiger partial charge in [0, 0.05) is 24.6 Å². The van der Waals surface area contributed by atoms with Crippen molar-refractivity contribution in [3.8, 4) is 0 Å². The Morgan fingerprint density at radius 2 is 2.00 bits per heavy atom. The molecule has 0 aromatic rings. The first-order valence-electron chi connectivity index (χ1n) is 11.4. The fourth-order valence-electron chi connectivity index (χ4n) is 4.72. The van der Waals surface area contributed by atoms with Gasteiger partial charge in [0.05, 0.1) is 6.10 Å². The minimum absolute atomic E-state index is 0.102. The van der Waals surface area contributed by atoms with Crippen LogP contribution in [-0.2, 0) is 9.53 Å². The number of aldehydes is 1. The van der Waals surface area contributed by atoms with Gasteiger partial charge >= 0.3 is 0 Å². The molecule has 0 bridgehead atoms. The van der Waals surface area contributed by atoms with Gasteiger partial charge in [-0.2, -0.15) is 0 Å². The molecule has 0 aliphatic heterocycles. The van der Waals surface area contributed by atoms with E-state index in [2.05, 4.69) is 58.9 Å². The van der Waals surface area contributed by atoms with E-state index in [0.29, 0.717) is 23.7 Å². The lowest BCUT2D eigenvalue weighted by molar-refractivity contribution is -0.104. The smallest absolute Gasteiger partial charge is 0.150 e. The van der Waals surface area contributed by atoms with E-state index in [1.54, 1.807) is 0 Å². The number of hydrogen-bond acceptors (Lipinski definition) is 3. The van der Waals surface area contributed by atoms with Crippen LogP contribution in [0.1, 0.15) is 66.7 Å². The van der Waals surface area contributed by atoms with Crippen molar-refractivity contribution in [3.05, 3.63) is 46.6 Å². The fraction of sp³-hybridized carbons (Fsp3) is 0.654. The highest BCUT2D eigenvalue weighted by molar-refractivity contribution is 5.82. The largest absolute Gasteiger partial charge is 0.381 e. The van der Waals surface area contributed by atoms with E-state index in [1.807, 2.05) is 7.11 Å². The van der Waals surface area contributed by atoms with E-state index in [9.17, 15) is 4.79 Å². The first-order valence-corrected chi connectivity index (χ1v) is 11.4. The van der Waals surface area contributed by atoms with Crippen LogP contribution >= 0.6 is 0 Å². The zero-order valence-corrected chi connectivity index (χ0v) is 19.3. The van der Waals surface area contributed by atoms with Crippen LogP contribution < -0.4 is 5.73 Å². The highest BCUT2D eigenvalue weighted by atomic mass is 16.5. The molecule has 0 saturated heterocycles. The van der Waals surface area contributed by atoms with E-state index in [1.165, 1.54) is 24.0 Å². The van der Waals surface area contributed by atoms with E-state index < -0.39 is 0 Å². The number of carbonyl (C=O) groups excluding carboxylic acids is 1.